The van der Waals surface area contributed by atoms with Crippen molar-refractivity contribution in [3.8, 4) is 0 Å². The highest BCUT2D eigenvalue weighted by Gasteiger charge is 2.23. The molecule has 0 amide bonds. The first-order valence-electron chi connectivity index (χ1n) is 7.11. The van der Waals surface area contributed by atoms with Crippen molar-refractivity contribution >= 4 is 0 Å². The summed E-state index contributed by atoms with van der Waals surface area (Å²) in [6, 6.07) is 4.83. The average Bonchev–Trinajstić information content (AvgIpc) is 2.89. The van der Waals surface area contributed by atoms with Gasteiger partial charge >= 0.3 is 0 Å². The Bertz CT molecular complexity index is 331. The minimum Gasteiger partial charge on any atom is -0.311 e. The zero-order valence-electron chi connectivity index (χ0n) is 11.6. The van der Waals surface area contributed by atoms with Crippen LogP contribution in [0.4, 0.5) is 0 Å². The van der Waals surface area contributed by atoms with Gasteiger partial charge in [0.05, 0.1) is 0 Å². The lowest BCUT2D eigenvalue weighted by molar-refractivity contribution is 0.186. The summed E-state index contributed by atoms with van der Waals surface area (Å²) in [5.74, 6) is 0.716. The van der Waals surface area contributed by atoms with Gasteiger partial charge in [-0.15, -0.1) is 0 Å². The highest BCUT2D eigenvalue weighted by Crippen LogP contribution is 2.17. The normalized spacial score (nSPS) is 18.4. The van der Waals surface area contributed by atoms with E-state index in [2.05, 4.69) is 41.2 Å². The fourth-order valence-corrected chi connectivity index (χ4v) is 2.72. The van der Waals surface area contributed by atoms with Crippen LogP contribution in [0, 0.1) is 5.92 Å². The third-order valence-corrected chi connectivity index (χ3v) is 3.81. The zero-order chi connectivity index (χ0) is 12.8. The molecule has 1 aliphatic rings. The molecule has 1 atom stereocenters. The van der Waals surface area contributed by atoms with Crippen LogP contribution in [-0.4, -0.2) is 35.6 Å². The molecular formula is C15H25N3. The Morgan fingerprint density at radius 2 is 1.89 bits per heavy atom. The number of nitrogens with zero attached hydrogens (tertiary/aromatic N) is 2. The summed E-state index contributed by atoms with van der Waals surface area (Å²) < 4.78 is 0. The highest BCUT2D eigenvalue weighted by molar-refractivity contribution is 5.09. The first-order chi connectivity index (χ1) is 8.77. The Hall–Kier alpha value is -0.930. The molecule has 2 heterocycles. The van der Waals surface area contributed by atoms with E-state index < -0.39 is 0 Å². The van der Waals surface area contributed by atoms with Crippen LogP contribution in [-0.2, 0) is 6.54 Å². The van der Waals surface area contributed by atoms with Crippen LogP contribution < -0.4 is 5.32 Å². The number of hydrogen-bond acceptors (Lipinski definition) is 3. The van der Waals surface area contributed by atoms with Crippen molar-refractivity contribution in [3.63, 3.8) is 0 Å². The minimum absolute atomic E-state index is 0.675. The lowest BCUT2D eigenvalue weighted by Crippen LogP contribution is -2.44. The second-order valence-electron chi connectivity index (χ2n) is 5.54. The van der Waals surface area contributed by atoms with E-state index in [1.165, 1.54) is 31.5 Å². The molecule has 0 radical (unpaired) electrons. The first-order valence-corrected chi connectivity index (χ1v) is 7.11. The van der Waals surface area contributed by atoms with Gasteiger partial charge in [0.15, 0.2) is 0 Å². The first kappa shape index (κ1) is 13.5. The number of rotatable bonds is 6. The molecule has 2 rings (SSSR count). The van der Waals surface area contributed by atoms with E-state index in [0.29, 0.717) is 12.0 Å². The maximum Gasteiger partial charge on any atom is 0.0271 e. The van der Waals surface area contributed by atoms with Gasteiger partial charge in [-0.25, -0.2) is 0 Å². The van der Waals surface area contributed by atoms with Crippen LogP contribution in [0.1, 0.15) is 32.3 Å². The van der Waals surface area contributed by atoms with Crippen LogP contribution >= 0.6 is 0 Å². The third kappa shape index (κ3) is 3.79. The molecule has 1 aliphatic heterocycles. The van der Waals surface area contributed by atoms with Crippen molar-refractivity contribution in [2.45, 2.75) is 39.3 Å². The van der Waals surface area contributed by atoms with Gasteiger partial charge < -0.3 is 5.32 Å². The average molecular weight is 247 g/mol. The second kappa shape index (κ2) is 6.86. The maximum atomic E-state index is 4.04. The van der Waals surface area contributed by atoms with Gasteiger partial charge in [-0.05, 0) is 49.5 Å². The van der Waals surface area contributed by atoms with Crippen LogP contribution in [0.2, 0.25) is 0 Å². The quantitative estimate of drug-likeness (QED) is 0.836. The Labute approximate surface area is 111 Å². The molecule has 1 N–H and O–H groups in total. The third-order valence-electron chi connectivity index (χ3n) is 3.81. The van der Waals surface area contributed by atoms with Gasteiger partial charge in [-0.2, -0.15) is 0 Å². The molecule has 1 fully saturated rings. The molecule has 1 unspecified atom stereocenters. The second-order valence-corrected chi connectivity index (χ2v) is 5.54. The van der Waals surface area contributed by atoms with Crippen LogP contribution in [0.3, 0.4) is 0 Å². The summed E-state index contributed by atoms with van der Waals surface area (Å²) in [4.78, 5) is 6.69. The van der Waals surface area contributed by atoms with Gasteiger partial charge in [0, 0.05) is 31.5 Å². The van der Waals surface area contributed by atoms with Gasteiger partial charge in [0.25, 0.3) is 0 Å². The maximum absolute atomic E-state index is 4.04. The van der Waals surface area contributed by atoms with Crippen molar-refractivity contribution in [2.75, 3.05) is 19.6 Å². The van der Waals surface area contributed by atoms with Crippen LogP contribution in [0.25, 0.3) is 0 Å². The van der Waals surface area contributed by atoms with E-state index in [1.807, 2.05) is 12.4 Å². The molecule has 1 aromatic rings. The standard InChI is InChI=1S/C15H25N3/c1-13(2)15(18-9-3-4-10-18)12-17-11-14-5-7-16-8-6-14/h5-8,13,15,17H,3-4,9-12H2,1-2H3. The van der Waals surface area contributed by atoms with Gasteiger partial charge in [-0.1, -0.05) is 13.8 Å². The molecule has 3 nitrogen and oxygen atoms in total. The predicted octanol–water partition coefficient (Wildman–Crippen LogP) is 2.29. The van der Waals surface area contributed by atoms with Gasteiger partial charge in [0.2, 0.25) is 0 Å². The van der Waals surface area contributed by atoms with Gasteiger partial charge in [-0.3, -0.25) is 9.88 Å². The number of pyridine rings is 1. The molecule has 3 heteroatoms. The molecular weight excluding hydrogens is 222 g/mol. The number of likely N-dealkylation sites (tertiary alicyclic amines) is 1. The summed E-state index contributed by atoms with van der Waals surface area (Å²) in [5.41, 5.74) is 1.31. The van der Waals surface area contributed by atoms with E-state index in [4.69, 9.17) is 0 Å². The van der Waals surface area contributed by atoms with E-state index in [1.54, 1.807) is 0 Å². The van der Waals surface area contributed by atoms with E-state index in [0.717, 1.165) is 13.1 Å². The van der Waals surface area contributed by atoms with Crippen molar-refractivity contribution in [1.82, 2.24) is 15.2 Å². The zero-order valence-corrected chi connectivity index (χ0v) is 11.6. The van der Waals surface area contributed by atoms with E-state index >= 15 is 0 Å². The molecule has 1 aromatic heterocycles. The molecule has 0 spiro atoms. The fraction of sp³-hybridized carbons (Fsp3) is 0.667. The lowest BCUT2D eigenvalue weighted by Gasteiger charge is -2.31. The number of aromatic nitrogens is 1. The molecule has 0 aliphatic carbocycles. The predicted molar refractivity (Wildman–Crippen MR) is 75.4 cm³/mol. The summed E-state index contributed by atoms with van der Waals surface area (Å²) in [7, 11) is 0. The van der Waals surface area contributed by atoms with E-state index in [-0.39, 0.29) is 0 Å². The molecule has 100 valence electrons. The molecule has 0 aromatic carbocycles. The summed E-state index contributed by atoms with van der Waals surface area (Å²) >= 11 is 0. The molecule has 0 bridgehead atoms. The molecule has 1 saturated heterocycles. The Morgan fingerprint density at radius 3 is 2.50 bits per heavy atom. The summed E-state index contributed by atoms with van der Waals surface area (Å²) in [6.45, 7) is 9.24. The molecule has 18 heavy (non-hydrogen) atoms. The minimum atomic E-state index is 0.675. The number of nitrogens with one attached hydrogen (secondary N) is 1. The lowest BCUT2D eigenvalue weighted by atomic mass is 10.0. The number of hydrogen-bond donors (Lipinski definition) is 1. The van der Waals surface area contributed by atoms with Crippen molar-refractivity contribution in [2.24, 2.45) is 5.92 Å². The van der Waals surface area contributed by atoms with Crippen molar-refractivity contribution < 1.29 is 0 Å². The summed E-state index contributed by atoms with van der Waals surface area (Å²) in [5, 5.41) is 3.59. The highest BCUT2D eigenvalue weighted by atomic mass is 15.2. The molecule has 0 saturated carbocycles. The summed E-state index contributed by atoms with van der Waals surface area (Å²) in [6.07, 6.45) is 6.45. The fourth-order valence-electron chi connectivity index (χ4n) is 2.72. The van der Waals surface area contributed by atoms with Crippen molar-refractivity contribution in [3.05, 3.63) is 30.1 Å². The SMILES string of the molecule is CC(C)C(CNCc1ccncc1)N1CCCC1. The van der Waals surface area contributed by atoms with Crippen LogP contribution in [0.5, 0.6) is 0 Å². The van der Waals surface area contributed by atoms with Crippen molar-refractivity contribution in [1.29, 1.82) is 0 Å². The van der Waals surface area contributed by atoms with E-state index in [9.17, 15) is 0 Å². The Balaban J connectivity index is 1.79. The van der Waals surface area contributed by atoms with Gasteiger partial charge in [0.1, 0.15) is 0 Å². The Morgan fingerprint density at radius 1 is 1.22 bits per heavy atom. The monoisotopic (exact) mass is 247 g/mol. The van der Waals surface area contributed by atoms with Crippen LogP contribution in [0.15, 0.2) is 24.5 Å². The smallest absolute Gasteiger partial charge is 0.0271 e. The largest absolute Gasteiger partial charge is 0.311 e. The Kier molecular flexibility index (Phi) is 5.14. The topological polar surface area (TPSA) is 28.2 Å².